The van der Waals surface area contributed by atoms with Gasteiger partial charge in [-0.2, -0.15) is 0 Å². The quantitative estimate of drug-likeness (QED) is 0.833. The normalized spacial score (nSPS) is 36.3. The number of aliphatic hydroxyl groups excluding tert-OH is 2. The van der Waals surface area contributed by atoms with Crippen LogP contribution in [0.15, 0.2) is 42.5 Å². The van der Waals surface area contributed by atoms with E-state index < -0.39 is 11.9 Å². The zero-order chi connectivity index (χ0) is 15.9. The highest BCUT2D eigenvalue weighted by atomic mass is 16.7. The van der Waals surface area contributed by atoms with Crippen LogP contribution in [-0.2, 0) is 15.9 Å². The second-order valence-corrected chi connectivity index (χ2v) is 7.01. The Hall–Kier alpha value is -1.20. The molecule has 4 nitrogen and oxygen atoms in total. The minimum absolute atomic E-state index is 0.101. The van der Waals surface area contributed by atoms with E-state index in [2.05, 4.69) is 0 Å². The Kier molecular flexibility index (Phi) is 4.01. The van der Waals surface area contributed by atoms with Gasteiger partial charge < -0.3 is 19.7 Å². The van der Waals surface area contributed by atoms with Gasteiger partial charge in [0.25, 0.3) is 0 Å². The summed E-state index contributed by atoms with van der Waals surface area (Å²) >= 11 is 0. The molecule has 4 rings (SSSR count). The molecule has 0 amide bonds. The molecular weight excluding hydrogens is 292 g/mol. The number of hydrogen-bond acceptors (Lipinski definition) is 4. The van der Waals surface area contributed by atoms with Crippen LogP contribution in [0.2, 0.25) is 0 Å². The average Bonchev–Trinajstić information content (AvgIpc) is 3.12. The van der Waals surface area contributed by atoms with Crippen molar-refractivity contribution >= 4 is 0 Å². The number of benzene rings is 1. The van der Waals surface area contributed by atoms with Crippen LogP contribution in [0.5, 0.6) is 0 Å². The van der Waals surface area contributed by atoms with Crippen molar-refractivity contribution in [3.05, 3.63) is 48.0 Å². The van der Waals surface area contributed by atoms with Crippen LogP contribution in [-0.4, -0.2) is 41.4 Å². The maximum atomic E-state index is 10.4. The molecule has 2 N–H and O–H groups in total. The van der Waals surface area contributed by atoms with Gasteiger partial charge in [-0.25, -0.2) is 0 Å². The fourth-order valence-electron chi connectivity index (χ4n) is 4.50. The Balaban J connectivity index is 1.37. The summed E-state index contributed by atoms with van der Waals surface area (Å²) in [4.78, 5) is 0. The average molecular weight is 316 g/mol. The lowest BCUT2D eigenvalue weighted by Gasteiger charge is -2.49. The van der Waals surface area contributed by atoms with Gasteiger partial charge in [0.2, 0.25) is 0 Å². The molecule has 4 heteroatoms. The van der Waals surface area contributed by atoms with Gasteiger partial charge in [-0.1, -0.05) is 42.5 Å². The summed E-state index contributed by atoms with van der Waals surface area (Å²) in [7, 11) is 0. The van der Waals surface area contributed by atoms with Gasteiger partial charge in [-0.15, -0.1) is 0 Å². The van der Waals surface area contributed by atoms with Crippen molar-refractivity contribution in [2.24, 2.45) is 17.8 Å². The van der Waals surface area contributed by atoms with Crippen LogP contribution < -0.4 is 0 Å². The minimum Gasteiger partial charge on any atom is -0.392 e. The Morgan fingerprint density at radius 3 is 2.70 bits per heavy atom. The first-order valence-electron chi connectivity index (χ1n) is 8.54. The standard InChI is InChI=1S/C19H24O4/c20-14(10-13-4-2-1-3-5-13)6-7-15-16-12-19(22-8-9-23-19)17(16)11-18(15)21/h1-7,14-18,20-21H,8-12H2/t14?,15?,16-,17-,18?/m0/s1. The van der Waals surface area contributed by atoms with Gasteiger partial charge in [0.05, 0.1) is 25.4 Å². The lowest BCUT2D eigenvalue weighted by molar-refractivity contribution is -0.270. The molecule has 0 radical (unpaired) electrons. The predicted octanol–water partition coefficient (Wildman–Crippen LogP) is 1.91. The summed E-state index contributed by atoms with van der Waals surface area (Å²) in [5.74, 6) is 0.379. The highest BCUT2D eigenvalue weighted by Gasteiger charge is 2.64. The molecule has 1 saturated heterocycles. The first-order valence-corrected chi connectivity index (χ1v) is 8.54. The van der Waals surface area contributed by atoms with Crippen molar-refractivity contribution in [2.45, 2.75) is 37.3 Å². The topological polar surface area (TPSA) is 58.9 Å². The number of fused-ring (bicyclic) bond motifs is 2. The van der Waals surface area contributed by atoms with E-state index in [1.54, 1.807) is 0 Å². The molecule has 1 aromatic carbocycles. The molecule has 1 spiro atoms. The molecule has 0 bridgehead atoms. The monoisotopic (exact) mass is 316 g/mol. The third-order valence-corrected chi connectivity index (χ3v) is 5.66. The molecule has 3 aliphatic rings. The molecule has 1 aliphatic heterocycles. The number of aliphatic hydroxyl groups is 2. The predicted molar refractivity (Wildman–Crippen MR) is 85.6 cm³/mol. The van der Waals surface area contributed by atoms with Crippen molar-refractivity contribution in [2.75, 3.05) is 13.2 Å². The molecule has 3 unspecified atom stereocenters. The van der Waals surface area contributed by atoms with E-state index in [0.29, 0.717) is 31.5 Å². The molecule has 23 heavy (non-hydrogen) atoms. The van der Waals surface area contributed by atoms with Gasteiger partial charge in [0, 0.05) is 24.7 Å². The molecule has 2 aliphatic carbocycles. The van der Waals surface area contributed by atoms with E-state index in [0.717, 1.165) is 18.4 Å². The van der Waals surface area contributed by atoms with E-state index in [9.17, 15) is 10.2 Å². The maximum Gasteiger partial charge on any atom is 0.171 e. The zero-order valence-electron chi connectivity index (χ0n) is 13.2. The smallest absolute Gasteiger partial charge is 0.171 e. The maximum absolute atomic E-state index is 10.4. The lowest BCUT2D eigenvalue weighted by Crippen LogP contribution is -2.53. The number of rotatable bonds is 4. The zero-order valence-corrected chi connectivity index (χ0v) is 13.2. The fraction of sp³-hybridized carbons (Fsp3) is 0.579. The van der Waals surface area contributed by atoms with Crippen LogP contribution in [0.1, 0.15) is 18.4 Å². The molecule has 5 atom stereocenters. The Morgan fingerprint density at radius 2 is 1.96 bits per heavy atom. The third kappa shape index (κ3) is 2.74. The Morgan fingerprint density at radius 1 is 1.22 bits per heavy atom. The molecule has 3 fully saturated rings. The van der Waals surface area contributed by atoms with E-state index in [1.165, 1.54) is 0 Å². The summed E-state index contributed by atoms with van der Waals surface area (Å²) in [5.41, 5.74) is 1.12. The van der Waals surface area contributed by atoms with Crippen molar-refractivity contribution < 1.29 is 19.7 Å². The summed E-state index contributed by atoms with van der Waals surface area (Å²) in [6.45, 7) is 1.32. The van der Waals surface area contributed by atoms with Crippen LogP contribution in [0, 0.1) is 17.8 Å². The van der Waals surface area contributed by atoms with Crippen LogP contribution in [0.3, 0.4) is 0 Å². The molecular formula is C19H24O4. The molecule has 1 aromatic rings. The summed E-state index contributed by atoms with van der Waals surface area (Å²) in [5, 5.41) is 20.6. The van der Waals surface area contributed by atoms with Crippen LogP contribution >= 0.6 is 0 Å². The SMILES string of the molecule is OC(C=CC1C(O)C[C@H]2[C@H]1CC21OCCO1)Cc1ccccc1. The Labute approximate surface area is 136 Å². The molecule has 124 valence electrons. The van der Waals surface area contributed by atoms with Crippen molar-refractivity contribution in [3.63, 3.8) is 0 Å². The fourth-order valence-corrected chi connectivity index (χ4v) is 4.50. The van der Waals surface area contributed by atoms with E-state index in [-0.39, 0.29) is 12.0 Å². The summed E-state index contributed by atoms with van der Waals surface area (Å²) < 4.78 is 11.6. The second kappa shape index (κ2) is 6.02. The highest BCUT2D eigenvalue weighted by molar-refractivity contribution is 5.18. The van der Waals surface area contributed by atoms with Gasteiger partial charge >= 0.3 is 0 Å². The van der Waals surface area contributed by atoms with Crippen LogP contribution in [0.25, 0.3) is 0 Å². The van der Waals surface area contributed by atoms with E-state index in [4.69, 9.17) is 9.47 Å². The van der Waals surface area contributed by atoms with Crippen molar-refractivity contribution in [1.82, 2.24) is 0 Å². The molecule has 1 heterocycles. The highest BCUT2D eigenvalue weighted by Crippen LogP contribution is 2.60. The van der Waals surface area contributed by atoms with Gasteiger partial charge in [-0.05, 0) is 17.9 Å². The second-order valence-electron chi connectivity index (χ2n) is 7.01. The van der Waals surface area contributed by atoms with Gasteiger partial charge in [-0.3, -0.25) is 0 Å². The van der Waals surface area contributed by atoms with Gasteiger partial charge in [0.15, 0.2) is 5.79 Å². The largest absolute Gasteiger partial charge is 0.392 e. The molecule has 0 aromatic heterocycles. The number of ether oxygens (including phenoxy) is 2. The van der Waals surface area contributed by atoms with Crippen molar-refractivity contribution in [3.8, 4) is 0 Å². The minimum atomic E-state index is -0.517. The first kappa shape index (κ1) is 15.3. The van der Waals surface area contributed by atoms with E-state index >= 15 is 0 Å². The first-order chi connectivity index (χ1) is 11.2. The van der Waals surface area contributed by atoms with E-state index in [1.807, 2.05) is 42.5 Å². The lowest BCUT2D eigenvalue weighted by atomic mass is 9.67. The Bertz CT molecular complexity index is 564. The third-order valence-electron chi connectivity index (χ3n) is 5.66. The molecule has 2 saturated carbocycles. The summed E-state index contributed by atoms with van der Waals surface area (Å²) in [6, 6.07) is 9.96. The summed E-state index contributed by atoms with van der Waals surface area (Å²) in [6.07, 6.45) is 5.15. The van der Waals surface area contributed by atoms with Crippen LogP contribution in [0.4, 0.5) is 0 Å². The number of hydrogen-bond donors (Lipinski definition) is 2. The van der Waals surface area contributed by atoms with Crippen molar-refractivity contribution in [1.29, 1.82) is 0 Å². The van der Waals surface area contributed by atoms with Gasteiger partial charge in [0.1, 0.15) is 0 Å².